The molecule has 2 aromatic heterocycles. The van der Waals surface area contributed by atoms with Crippen LogP contribution >= 0.6 is 0 Å². The fraction of sp³-hybridized carbons (Fsp3) is 0.235. The molecule has 4 nitrogen and oxygen atoms in total. The van der Waals surface area contributed by atoms with Gasteiger partial charge in [-0.3, -0.25) is 4.79 Å². The lowest BCUT2D eigenvalue weighted by molar-refractivity contribution is 0.187. The third-order valence-corrected chi connectivity index (χ3v) is 4.14. The molecule has 3 aromatic rings. The van der Waals surface area contributed by atoms with Crippen LogP contribution in [0.2, 0.25) is 0 Å². The van der Waals surface area contributed by atoms with Crippen molar-refractivity contribution in [3.8, 4) is 11.1 Å². The molecule has 1 N–H and O–H groups in total. The van der Waals surface area contributed by atoms with E-state index < -0.39 is 0 Å². The standard InChI is InChI=1S/C17H16N2O2/c20-17-16-14(12-4-2-1-3-5-12)10-19(13-7-9-21-11-13)15(16)6-8-18-17/h1-6,8,10,13H,7,9,11H2,(H,18,20). The summed E-state index contributed by atoms with van der Waals surface area (Å²) in [6, 6.07) is 12.3. The van der Waals surface area contributed by atoms with Gasteiger partial charge in [0, 0.05) is 24.6 Å². The molecule has 3 heterocycles. The average molecular weight is 280 g/mol. The van der Waals surface area contributed by atoms with Gasteiger partial charge in [0.1, 0.15) is 0 Å². The molecule has 106 valence electrons. The minimum absolute atomic E-state index is 0.0379. The van der Waals surface area contributed by atoms with E-state index in [2.05, 4.69) is 15.7 Å². The lowest BCUT2D eigenvalue weighted by Crippen LogP contribution is -2.09. The average Bonchev–Trinajstić information content (AvgIpc) is 3.16. The second-order valence-corrected chi connectivity index (χ2v) is 5.40. The Bertz CT molecular complexity index is 827. The van der Waals surface area contributed by atoms with Crippen molar-refractivity contribution in [3.63, 3.8) is 0 Å². The molecule has 21 heavy (non-hydrogen) atoms. The largest absolute Gasteiger partial charge is 0.379 e. The second-order valence-electron chi connectivity index (χ2n) is 5.40. The summed E-state index contributed by atoms with van der Waals surface area (Å²) in [6.45, 7) is 1.50. The predicted molar refractivity (Wildman–Crippen MR) is 82.5 cm³/mol. The molecule has 1 fully saturated rings. The molecular formula is C17H16N2O2. The molecule has 0 amide bonds. The number of nitrogens with one attached hydrogen (secondary N) is 1. The zero-order valence-corrected chi connectivity index (χ0v) is 11.6. The molecule has 1 unspecified atom stereocenters. The summed E-state index contributed by atoms with van der Waals surface area (Å²) in [7, 11) is 0. The molecule has 0 spiro atoms. The Labute approximate surface area is 122 Å². The molecule has 0 bridgehead atoms. The minimum Gasteiger partial charge on any atom is -0.379 e. The van der Waals surface area contributed by atoms with Crippen LogP contribution in [0.1, 0.15) is 12.5 Å². The molecule has 1 aromatic carbocycles. The van der Waals surface area contributed by atoms with Crippen LogP contribution in [-0.2, 0) is 4.74 Å². The van der Waals surface area contributed by atoms with Gasteiger partial charge in [-0.25, -0.2) is 0 Å². The number of pyridine rings is 1. The third-order valence-electron chi connectivity index (χ3n) is 4.14. The Morgan fingerprint density at radius 2 is 2.05 bits per heavy atom. The van der Waals surface area contributed by atoms with E-state index in [1.807, 2.05) is 36.4 Å². The number of H-pyrrole nitrogens is 1. The first kappa shape index (κ1) is 12.4. The Kier molecular flexibility index (Phi) is 2.89. The normalized spacial score (nSPS) is 18.4. The summed E-state index contributed by atoms with van der Waals surface area (Å²) in [5.74, 6) is 0. The lowest BCUT2D eigenvalue weighted by Gasteiger charge is -2.11. The van der Waals surface area contributed by atoms with E-state index in [-0.39, 0.29) is 5.56 Å². The van der Waals surface area contributed by atoms with E-state index in [0.717, 1.165) is 35.1 Å². The second kappa shape index (κ2) is 4.90. The Balaban J connectivity index is 2.01. The highest BCUT2D eigenvalue weighted by Gasteiger charge is 2.22. The molecular weight excluding hydrogens is 264 g/mol. The van der Waals surface area contributed by atoms with Crippen LogP contribution in [0.5, 0.6) is 0 Å². The van der Waals surface area contributed by atoms with Crippen LogP contribution in [0.3, 0.4) is 0 Å². The van der Waals surface area contributed by atoms with Crippen molar-refractivity contribution in [1.82, 2.24) is 9.55 Å². The molecule has 4 heteroatoms. The van der Waals surface area contributed by atoms with Crippen molar-refractivity contribution in [1.29, 1.82) is 0 Å². The summed E-state index contributed by atoms with van der Waals surface area (Å²) in [6.07, 6.45) is 4.80. The molecule has 0 aliphatic carbocycles. The molecule has 1 aliphatic heterocycles. The topological polar surface area (TPSA) is 47.0 Å². The van der Waals surface area contributed by atoms with Crippen LogP contribution < -0.4 is 5.56 Å². The summed E-state index contributed by atoms with van der Waals surface area (Å²) in [4.78, 5) is 15.1. The van der Waals surface area contributed by atoms with E-state index in [4.69, 9.17) is 4.74 Å². The molecule has 1 saturated heterocycles. The van der Waals surface area contributed by atoms with Crippen molar-refractivity contribution >= 4 is 10.9 Å². The van der Waals surface area contributed by atoms with Gasteiger partial charge in [-0.15, -0.1) is 0 Å². The Morgan fingerprint density at radius 1 is 1.19 bits per heavy atom. The van der Waals surface area contributed by atoms with Gasteiger partial charge in [0.05, 0.1) is 23.6 Å². The number of nitrogens with zero attached hydrogens (tertiary/aromatic N) is 1. The summed E-state index contributed by atoms with van der Waals surface area (Å²) < 4.78 is 7.69. The summed E-state index contributed by atoms with van der Waals surface area (Å²) in [5, 5.41) is 0.760. The fourth-order valence-corrected chi connectivity index (χ4v) is 3.10. The number of rotatable bonds is 2. The van der Waals surface area contributed by atoms with Crippen molar-refractivity contribution < 1.29 is 4.74 Å². The van der Waals surface area contributed by atoms with Crippen molar-refractivity contribution in [2.45, 2.75) is 12.5 Å². The van der Waals surface area contributed by atoms with Gasteiger partial charge in [0.15, 0.2) is 0 Å². The van der Waals surface area contributed by atoms with Gasteiger partial charge in [0.2, 0.25) is 0 Å². The number of ether oxygens (including phenoxy) is 1. The monoisotopic (exact) mass is 280 g/mol. The lowest BCUT2D eigenvalue weighted by atomic mass is 10.1. The minimum atomic E-state index is -0.0379. The smallest absolute Gasteiger partial charge is 0.258 e. The van der Waals surface area contributed by atoms with Crippen LogP contribution in [-0.4, -0.2) is 22.8 Å². The zero-order chi connectivity index (χ0) is 14.2. The first-order valence-corrected chi connectivity index (χ1v) is 7.20. The highest BCUT2D eigenvalue weighted by molar-refractivity contribution is 5.95. The first-order chi connectivity index (χ1) is 10.3. The SMILES string of the molecule is O=c1[nH]ccc2c1c(-c1ccccc1)cn2C1CCOC1. The van der Waals surface area contributed by atoms with Gasteiger partial charge in [0.25, 0.3) is 5.56 Å². The molecule has 0 radical (unpaired) electrons. The van der Waals surface area contributed by atoms with Crippen molar-refractivity contribution in [3.05, 3.63) is 59.1 Å². The maximum Gasteiger partial charge on any atom is 0.258 e. The van der Waals surface area contributed by atoms with Crippen molar-refractivity contribution in [2.75, 3.05) is 13.2 Å². The molecule has 4 rings (SSSR count). The zero-order valence-electron chi connectivity index (χ0n) is 11.6. The predicted octanol–water partition coefficient (Wildman–Crippen LogP) is 2.96. The number of hydrogen-bond acceptors (Lipinski definition) is 2. The number of benzene rings is 1. The summed E-state index contributed by atoms with van der Waals surface area (Å²) >= 11 is 0. The van der Waals surface area contributed by atoms with Crippen LogP contribution in [0, 0.1) is 0 Å². The first-order valence-electron chi connectivity index (χ1n) is 7.20. The van der Waals surface area contributed by atoms with Crippen molar-refractivity contribution in [2.24, 2.45) is 0 Å². The van der Waals surface area contributed by atoms with E-state index in [1.54, 1.807) is 6.20 Å². The van der Waals surface area contributed by atoms with E-state index in [9.17, 15) is 4.79 Å². The maximum atomic E-state index is 12.3. The van der Waals surface area contributed by atoms with Crippen LogP contribution in [0.25, 0.3) is 22.0 Å². The number of hydrogen-bond donors (Lipinski definition) is 1. The van der Waals surface area contributed by atoms with Gasteiger partial charge < -0.3 is 14.3 Å². The molecule has 1 atom stereocenters. The van der Waals surface area contributed by atoms with E-state index in [0.29, 0.717) is 12.6 Å². The Morgan fingerprint density at radius 3 is 2.81 bits per heavy atom. The highest BCUT2D eigenvalue weighted by atomic mass is 16.5. The number of fused-ring (bicyclic) bond motifs is 1. The van der Waals surface area contributed by atoms with Crippen LogP contribution in [0.15, 0.2) is 53.6 Å². The highest BCUT2D eigenvalue weighted by Crippen LogP contribution is 2.32. The van der Waals surface area contributed by atoms with Gasteiger partial charge >= 0.3 is 0 Å². The van der Waals surface area contributed by atoms with E-state index in [1.165, 1.54) is 0 Å². The molecule has 0 saturated carbocycles. The number of aromatic amines is 1. The van der Waals surface area contributed by atoms with Gasteiger partial charge in [-0.2, -0.15) is 0 Å². The van der Waals surface area contributed by atoms with E-state index >= 15 is 0 Å². The summed E-state index contributed by atoms with van der Waals surface area (Å²) in [5.41, 5.74) is 2.99. The van der Waals surface area contributed by atoms with Gasteiger partial charge in [-0.1, -0.05) is 30.3 Å². The molecule has 1 aliphatic rings. The number of aromatic nitrogens is 2. The quantitative estimate of drug-likeness (QED) is 0.784. The Hall–Kier alpha value is -2.33. The fourth-order valence-electron chi connectivity index (χ4n) is 3.10. The third kappa shape index (κ3) is 1.99. The maximum absolute atomic E-state index is 12.3. The van der Waals surface area contributed by atoms with Crippen LogP contribution in [0.4, 0.5) is 0 Å². The van der Waals surface area contributed by atoms with Gasteiger partial charge in [-0.05, 0) is 18.1 Å².